The minimum absolute atomic E-state index is 0.00654. The lowest BCUT2D eigenvalue weighted by Gasteiger charge is -2.15. The van der Waals surface area contributed by atoms with E-state index in [-0.39, 0.29) is 38.0 Å². The van der Waals surface area contributed by atoms with E-state index in [0.29, 0.717) is 44.9 Å². The number of pyridine rings is 1. The van der Waals surface area contributed by atoms with Crippen LogP contribution in [-0.2, 0) is 30.4 Å². The molecule has 0 aliphatic rings. The Bertz CT molecular complexity index is 2630. The number of hydrogen-bond acceptors (Lipinski definition) is 16. The third-order valence-corrected chi connectivity index (χ3v) is 11.5. The molecule has 2 aromatic carbocycles. The van der Waals surface area contributed by atoms with Gasteiger partial charge in [0, 0.05) is 30.1 Å². The number of hydrogen-bond donors (Lipinski definition) is 3. The van der Waals surface area contributed by atoms with Gasteiger partial charge in [0.25, 0.3) is 0 Å². The Balaban J connectivity index is 0.000000248. The van der Waals surface area contributed by atoms with Gasteiger partial charge in [0.1, 0.15) is 17.0 Å². The number of carbonyl (C=O) groups excluding carboxylic acids is 1. The van der Waals surface area contributed by atoms with E-state index in [1.54, 1.807) is 36.5 Å². The van der Waals surface area contributed by atoms with Crippen LogP contribution in [0, 0.1) is 0 Å². The van der Waals surface area contributed by atoms with E-state index in [1.165, 1.54) is 31.1 Å². The van der Waals surface area contributed by atoms with Crippen LogP contribution in [0.3, 0.4) is 0 Å². The number of halogens is 3. The van der Waals surface area contributed by atoms with Gasteiger partial charge in [0.05, 0.1) is 53.4 Å². The molecule has 0 saturated carbocycles. The van der Waals surface area contributed by atoms with E-state index >= 15 is 0 Å². The third kappa shape index (κ3) is 14.3. The molecule has 0 saturated heterocycles. The van der Waals surface area contributed by atoms with Gasteiger partial charge in [-0.05, 0) is 44.2 Å². The lowest BCUT2D eigenvalue weighted by Crippen LogP contribution is -2.45. The molecule has 0 aliphatic heterocycles. The fourth-order valence-corrected chi connectivity index (χ4v) is 6.96. The van der Waals surface area contributed by atoms with Gasteiger partial charge in [-0.3, -0.25) is 10.3 Å². The number of carbonyl (C=O) groups is 2. The molecule has 5 rings (SSSR count). The number of nitrogens with one attached hydrogen (secondary N) is 2. The third-order valence-electron chi connectivity index (χ3n) is 7.16. The molecule has 0 atom stereocenters. The number of aliphatic carboxylic acids is 1. The standard InChI is InChI=1S/C15H18Cl2N2O3.C11H8ClNO3.C9H15N5O7S2/c1-8(2)21-12-7-11(9(16)6-10(12)17)19-14(20)22-13(18-19)15(3,4)5;12-8-3-4-9(16-6-10(14)15)11-7(8)2-1-5-13-11;1-14(22(4,16)17)23(18,19)13-9(15)12-8-10-6(20-2)5-7(11-8)21-3/h6-8H,1-5H3;1-5H,6H2,(H,14,15);5H,1-4H3,(H2,10,11,12,13,15). The molecular formula is C35H41Cl3N8O13S2. The number of methoxy groups -OCH3 is 2. The van der Waals surface area contributed by atoms with Crippen molar-refractivity contribution < 1.29 is 54.9 Å². The Morgan fingerprint density at radius 2 is 1.57 bits per heavy atom. The molecular weight excluding hydrogens is 911 g/mol. The van der Waals surface area contributed by atoms with E-state index in [4.69, 9.17) is 63.3 Å². The summed E-state index contributed by atoms with van der Waals surface area (Å²) < 4.78 is 74.1. The first kappa shape index (κ1) is 49.9. The Hall–Kier alpha value is -5.46. The second-order valence-electron chi connectivity index (χ2n) is 13.3. The molecule has 21 nitrogen and oxygen atoms in total. The van der Waals surface area contributed by atoms with Crippen molar-refractivity contribution in [1.29, 1.82) is 0 Å². The number of aromatic nitrogens is 5. The molecule has 0 aliphatic carbocycles. The van der Waals surface area contributed by atoms with Gasteiger partial charge in [0.2, 0.25) is 33.6 Å². The molecule has 0 fully saturated rings. The van der Waals surface area contributed by atoms with Crippen LogP contribution in [0.25, 0.3) is 16.6 Å². The van der Waals surface area contributed by atoms with Crippen molar-refractivity contribution in [2.75, 3.05) is 39.4 Å². The van der Waals surface area contributed by atoms with Crippen molar-refractivity contribution in [3.05, 3.63) is 80.2 Å². The topological polar surface area (TPSA) is 274 Å². The smallest absolute Gasteiger partial charge is 0.442 e. The van der Waals surface area contributed by atoms with E-state index in [2.05, 4.69) is 20.1 Å². The number of fused-ring (bicyclic) bond motifs is 1. The highest BCUT2D eigenvalue weighted by atomic mass is 35.5. The molecule has 3 aromatic heterocycles. The summed E-state index contributed by atoms with van der Waals surface area (Å²) in [6.07, 6.45) is 2.21. The predicted octanol–water partition coefficient (Wildman–Crippen LogP) is 5.32. The van der Waals surface area contributed by atoms with Crippen molar-refractivity contribution in [1.82, 2.24) is 33.2 Å². The zero-order valence-electron chi connectivity index (χ0n) is 33.9. The first-order valence-corrected chi connectivity index (χ1v) is 21.6. The lowest BCUT2D eigenvalue weighted by atomic mass is 9.97. The second kappa shape index (κ2) is 20.9. The molecule has 61 heavy (non-hydrogen) atoms. The summed E-state index contributed by atoms with van der Waals surface area (Å²) in [4.78, 5) is 45.8. The molecule has 0 bridgehead atoms. The van der Waals surface area contributed by atoms with E-state index in [1.807, 2.05) is 39.9 Å². The first-order chi connectivity index (χ1) is 28.3. The maximum Gasteiger partial charge on any atom is 0.442 e. The van der Waals surface area contributed by atoms with Gasteiger partial charge in [-0.25, -0.2) is 27.5 Å². The van der Waals surface area contributed by atoms with E-state index in [0.717, 1.165) is 17.1 Å². The van der Waals surface area contributed by atoms with Crippen LogP contribution in [0.2, 0.25) is 15.1 Å². The predicted molar refractivity (Wildman–Crippen MR) is 225 cm³/mol. The number of rotatable bonds is 12. The van der Waals surface area contributed by atoms with Crippen LogP contribution >= 0.6 is 34.8 Å². The van der Waals surface area contributed by atoms with Gasteiger partial charge in [-0.15, -0.1) is 5.10 Å². The van der Waals surface area contributed by atoms with Gasteiger partial charge in [-0.1, -0.05) is 59.3 Å². The van der Waals surface area contributed by atoms with Crippen molar-refractivity contribution >= 4 is 83.9 Å². The SMILES string of the molecule is CC(C)Oc1cc(-n2nc(C(C)(C)C)oc2=O)c(Cl)cc1Cl.COc1cc(OC)nc(NC(=O)NS(=O)(=O)N(C)S(C)(=O)=O)n1.O=C(O)COc1ccc(Cl)c2cccnc12. The molecule has 0 unspecified atom stereocenters. The van der Waals surface area contributed by atoms with Crippen molar-refractivity contribution in [2.45, 2.75) is 46.1 Å². The van der Waals surface area contributed by atoms with E-state index < -0.39 is 44.6 Å². The fraction of sp³-hybridized carbons (Fsp3) is 0.343. The minimum atomic E-state index is -4.60. The Morgan fingerprint density at radius 3 is 2.10 bits per heavy atom. The normalized spacial score (nSPS) is 11.5. The lowest BCUT2D eigenvalue weighted by molar-refractivity contribution is -0.139. The Morgan fingerprint density at radius 1 is 0.951 bits per heavy atom. The van der Waals surface area contributed by atoms with Gasteiger partial charge >= 0.3 is 28.0 Å². The summed E-state index contributed by atoms with van der Waals surface area (Å²) in [5.41, 5.74) is 0.544. The number of ether oxygens (including phenoxy) is 4. The van der Waals surface area contributed by atoms with E-state index in [9.17, 15) is 31.2 Å². The monoisotopic (exact) mass is 950 g/mol. The number of nitrogens with zero attached hydrogens (tertiary/aromatic N) is 6. The van der Waals surface area contributed by atoms with Crippen molar-refractivity contribution in [3.8, 4) is 28.9 Å². The Labute approximate surface area is 365 Å². The maximum absolute atomic E-state index is 12.1. The second-order valence-corrected chi connectivity index (χ2v) is 18.5. The summed E-state index contributed by atoms with van der Waals surface area (Å²) in [6.45, 7) is 9.07. The zero-order chi connectivity index (χ0) is 46.0. The number of sulfonamides is 1. The molecule has 2 amide bonds. The maximum atomic E-state index is 12.1. The molecule has 26 heteroatoms. The van der Waals surface area contributed by atoms with Gasteiger partial charge in [0.15, 0.2) is 6.61 Å². The van der Waals surface area contributed by atoms with Crippen LogP contribution in [0.4, 0.5) is 10.7 Å². The Kier molecular flexibility index (Phi) is 17.1. The minimum Gasteiger partial charge on any atom is -0.489 e. The number of carboxylic acids is 1. The van der Waals surface area contributed by atoms with Crippen LogP contribution < -0.4 is 34.7 Å². The van der Waals surface area contributed by atoms with Crippen LogP contribution in [0.15, 0.2) is 57.9 Å². The molecule has 3 N–H and O–H groups in total. The summed E-state index contributed by atoms with van der Waals surface area (Å²) in [5.74, 6) is -0.647. The molecule has 332 valence electrons. The molecule has 0 spiro atoms. The van der Waals surface area contributed by atoms with Crippen LogP contribution in [0.5, 0.6) is 23.3 Å². The average molecular weight is 952 g/mol. The molecule has 5 aromatic rings. The zero-order valence-corrected chi connectivity index (χ0v) is 37.8. The number of carboxylic acid groups (broad SMARTS) is 1. The summed E-state index contributed by atoms with van der Waals surface area (Å²) in [6, 6.07) is 10.00. The largest absolute Gasteiger partial charge is 0.489 e. The average Bonchev–Trinajstić information content (AvgIpc) is 3.56. The number of anilines is 1. The fourth-order valence-electron chi connectivity index (χ4n) is 4.28. The highest BCUT2D eigenvalue weighted by Gasteiger charge is 2.29. The quantitative estimate of drug-likeness (QED) is 0.143. The first-order valence-electron chi connectivity index (χ1n) is 17.2. The number of amides is 2. The summed E-state index contributed by atoms with van der Waals surface area (Å²) in [7, 11) is -5.27. The van der Waals surface area contributed by atoms with Gasteiger partial charge in [-0.2, -0.15) is 23.1 Å². The number of urea groups is 1. The van der Waals surface area contributed by atoms with Crippen LogP contribution in [-0.4, -0.2) is 103 Å². The van der Waals surface area contributed by atoms with Crippen molar-refractivity contribution in [3.63, 3.8) is 0 Å². The van der Waals surface area contributed by atoms with Crippen LogP contribution in [0.1, 0.15) is 40.5 Å². The summed E-state index contributed by atoms with van der Waals surface area (Å²) in [5, 5.41) is 16.7. The highest BCUT2D eigenvalue weighted by molar-refractivity contribution is 8.03. The highest BCUT2D eigenvalue weighted by Crippen LogP contribution is 2.34. The van der Waals surface area contributed by atoms with Crippen molar-refractivity contribution in [2.24, 2.45) is 0 Å². The number of benzene rings is 2. The van der Waals surface area contributed by atoms with Gasteiger partial charge < -0.3 is 28.5 Å². The molecule has 0 radical (unpaired) electrons. The summed E-state index contributed by atoms with van der Waals surface area (Å²) >= 11 is 18.3. The molecule has 3 heterocycles.